The van der Waals surface area contributed by atoms with Crippen molar-refractivity contribution in [3.63, 3.8) is 0 Å². The van der Waals surface area contributed by atoms with Gasteiger partial charge in [-0.3, -0.25) is 0 Å². The summed E-state index contributed by atoms with van der Waals surface area (Å²) in [6, 6.07) is 3.10. The van der Waals surface area contributed by atoms with E-state index in [-0.39, 0.29) is 5.56 Å². The fraction of sp³-hybridized carbons (Fsp3) is 0.400. The van der Waals surface area contributed by atoms with Crippen molar-refractivity contribution in [2.45, 2.75) is 26.1 Å². The van der Waals surface area contributed by atoms with E-state index in [2.05, 4.69) is 0 Å². The lowest BCUT2D eigenvalue weighted by molar-refractivity contribution is -0.149. The lowest BCUT2D eigenvalue weighted by Gasteiger charge is -2.19. The van der Waals surface area contributed by atoms with Crippen LogP contribution >= 0.6 is 0 Å². The molecule has 0 aliphatic rings. The number of hydrogen-bond acceptors (Lipinski definition) is 1. The number of alkyl halides is 3. The van der Waals surface area contributed by atoms with Crippen LogP contribution in [0.25, 0.3) is 0 Å². The van der Waals surface area contributed by atoms with Gasteiger partial charge in [0, 0.05) is 0 Å². The molecule has 0 aromatic heterocycles. The van der Waals surface area contributed by atoms with E-state index in [1.54, 1.807) is 32.0 Å². The van der Waals surface area contributed by atoms with E-state index in [4.69, 9.17) is 5.73 Å². The van der Waals surface area contributed by atoms with Crippen LogP contribution < -0.4 is 5.73 Å². The molecule has 0 unspecified atom stereocenters. The number of nitrogens with two attached hydrogens (primary N) is 1. The Morgan fingerprint density at radius 3 is 1.93 bits per heavy atom. The molecule has 2 N–H and O–H groups in total. The Labute approximate surface area is 80.7 Å². The van der Waals surface area contributed by atoms with Gasteiger partial charge in [0.2, 0.25) is 0 Å². The Kier molecular flexibility index (Phi) is 2.85. The van der Waals surface area contributed by atoms with Crippen LogP contribution in [0.3, 0.4) is 0 Å². The predicted molar refractivity (Wildman–Crippen MR) is 48.9 cm³/mol. The SMILES string of the molecule is Cc1cccc(C)c1[C@@H](N)C(F)(F)F. The summed E-state index contributed by atoms with van der Waals surface area (Å²) in [5.74, 6) is 0. The molecule has 0 saturated heterocycles. The summed E-state index contributed by atoms with van der Waals surface area (Å²) in [5, 5.41) is 0. The first-order valence-electron chi connectivity index (χ1n) is 4.22. The first-order valence-corrected chi connectivity index (χ1v) is 4.22. The van der Waals surface area contributed by atoms with Gasteiger partial charge in [0.1, 0.15) is 6.04 Å². The molecule has 1 aromatic carbocycles. The molecular formula is C10H12F3N. The zero-order valence-electron chi connectivity index (χ0n) is 8.02. The lowest BCUT2D eigenvalue weighted by atomic mass is 9.96. The van der Waals surface area contributed by atoms with Crippen LogP contribution in [-0.4, -0.2) is 6.18 Å². The van der Waals surface area contributed by atoms with Crippen LogP contribution in [0.15, 0.2) is 18.2 Å². The summed E-state index contributed by atoms with van der Waals surface area (Å²) >= 11 is 0. The second-order valence-corrected chi connectivity index (χ2v) is 3.32. The number of halogens is 3. The van der Waals surface area contributed by atoms with Gasteiger partial charge in [0.25, 0.3) is 0 Å². The Hall–Kier alpha value is -1.03. The third-order valence-corrected chi connectivity index (χ3v) is 2.21. The van der Waals surface area contributed by atoms with Crippen LogP contribution in [0.2, 0.25) is 0 Å². The molecule has 0 radical (unpaired) electrons. The minimum absolute atomic E-state index is 0.181. The zero-order valence-corrected chi connectivity index (χ0v) is 8.02. The van der Waals surface area contributed by atoms with Crippen molar-refractivity contribution in [1.29, 1.82) is 0 Å². The summed E-state index contributed by atoms with van der Waals surface area (Å²) in [6.45, 7) is 3.27. The Morgan fingerprint density at radius 1 is 1.14 bits per heavy atom. The van der Waals surface area contributed by atoms with Crippen molar-refractivity contribution in [3.05, 3.63) is 34.9 Å². The Morgan fingerprint density at radius 2 is 1.57 bits per heavy atom. The molecule has 1 atom stereocenters. The average Bonchev–Trinajstić information content (AvgIpc) is 2.01. The van der Waals surface area contributed by atoms with Gasteiger partial charge < -0.3 is 5.73 Å². The predicted octanol–water partition coefficient (Wildman–Crippen LogP) is 2.87. The third kappa shape index (κ3) is 2.07. The maximum Gasteiger partial charge on any atom is 0.407 e. The fourth-order valence-electron chi connectivity index (χ4n) is 1.48. The van der Waals surface area contributed by atoms with Crippen molar-refractivity contribution in [1.82, 2.24) is 0 Å². The topological polar surface area (TPSA) is 26.0 Å². The van der Waals surface area contributed by atoms with Gasteiger partial charge >= 0.3 is 6.18 Å². The normalized spacial score (nSPS) is 14.1. The minimum Gasteiger partial charge on any atom is -0.316 e. The van der Waals surface area contributed by atoms with Gasteiger partial charge in [-0.2, -0.15) is 13.2 Å². The maximum atomic E-state index is 12.4. The average molecular weight is 203 g/mol. The quantitative estimate of drug-likeness (QED) is 0.746. The highest BCUT2D eigenvalue weighted by Gasteiger charge is 2.39. The molecule has 0 spiro atoms. The lowest BCUT2D eigenvalue weighted by Crippen LogP contribution is -2.29. The van der Waals surface area contributed by atoms with E-state index in [0.29, 0.717) is 11.1 Å². The third-order valence-electron chi connectivity index (χ3n) is 2.21. The molecule has 0 amide bonds. The van der Waals surface area contributed by atoms with E-state index in [1.807, 2.05) is 0 Å². The number of aryl methyl sites for hydroxylation is 2. The number of benzene rings is 1. The molecule has 0 saturated carbocycles. The molecule has 0 aliphatic carbocycles. The van der Waals surface area contributed by atoms with Gasteiger partial charge in [-0.25, -0.2) is 0 Å². The van der Waals surface area contributed by atoms with Crippen LogP contribution in [0.4, 0.5) is 13.2 Å². The van der Waals surface area contributed by atoms with Gasteiger partial charge in [-0.05, 0) is 30.5 Å². The van der Waals surface area contributed by atoms with Crippen molar-refractivity contribution in [2.24, 2.45) is 5.73 Å². The molecule has 0 fully saturated rings. The van der Waals surface area contributed by atoms with Gasteiger partial charge in [0.05, 0.1) is 0 Å². The highest BCUT2D eigenvalue weighted by Crippen LogP contribution is 2.33. The molecule has 0 aliphatic heterocycles. The van der Waals surface area contributed by atoms with Crippen LogP contribution in [-0.2, 0) is 0 Å². The van der Waals surface area contributed by atoms with Crippen LogP contribution in [0, 0.1) is 13.8 Å². The Balaban J connectivity index is 3.19. The van der Waals surface area contributed by atoms with Crippen molar-refractivity contribution < 1.29 is 13.2 Å². The molecule has 4 heteroatoms. The van der Waals surface area contributed by atoms with E-state index in [9.17, 15) is 13.2 Å². The summed E-state index contributed by atoms with van der Waals surface area (Å²) in [4.78, 5) is 0. The highest BCUT2D eigenvalue weighted by atomic mass is 19.4. The molecule has 0 bridgehead atoms. The van der Waals surface area contributed by atoms with Crippen molar-refractivity contribution in [2.75, 3.05) is 0 Å². The van der Waals surface area contributed by atoms with Crippen LogP contribution in [0.5, 0.6) is 0 Å². The molecule has 1 rings (SSSR count). The van der Waals surface area contributed by atoms with Gasteiger partial charge in [0.15, 0.2) is 0 Å². The number of rotatable bonds is 1. The van der Waals surface area contributed by atoms with Crippen LogP contribution in [0.1, 0.15) is 22.7 Å². The smallest absolute Gasteiger partial charge is 0.316 e. The second-order valence-electron chi connectivity index (χ2n) is 3.32. The standard InChI is InChI=1S/C10H12F3N/c1-6-4-3-5-7(2)8(6)9(14)10(11,12)13/h3-5,9H,14H2,1-2H3/t9-/m1/s1. The summed E-state index contributed by atoms with van der Waals surface area (Å²) in [7, 11) is 0. The summed E-state index contributed by atoms with van der Waals surface area (Å²) < 4.78 is 37.1. The number of hydrogen-bond donors (Lipinski definition) is 1. The van der Waals surface area contributed by atoms with E-state index in [0.717, 1.165) is 0 Å². The highest BCUT2D eigenvalue weighted by molar-refractivity contribution is 5.36. The maximum absolute atomic E-state index is 12.4. The minimum atomic E-state index is -4.38. The second kappa shape index (κ2) is 3.61. The first kappa shape index (κ1) is 11.0. The zero-order chi connectivity index (χ0) is 10.9. The molecule has 14 heavy (non-hydrogen) atoms. The molecule has 1 nitrogen and oxygen atoms in total. The Bertz CT molecular complexity index is 310. The fourth-order valence-corrected chi connectivity index (χ4v) is 1.48. The van der Waals surface area contributed by atoms with Gasteiger partial charge in [-0.15, -0.1) is 0 Å². The molecule has 78 valence electrons. The van der Waals surface area contributed by atoms with E-state index < -0.39 is 12.2 Å². The van der Waals surface area contributed by atoms with Crippen molar-refractivity contribution >= 4 is 0 Å². The first-order chi connectivity index (χ1) is 6.34. The largest absolute Gasteiger partial charge is 0.407 e. The van der Waals surface area contributed by atoms with E-state index >= 15 is 0 Å². The molecule has 1 aromatic rings. The van der Waals surface area contributed by atoms with E-state index in [1.165, 1.54) is 0 Å². The summed E-state index contributed by atoms with van der Waals surface area (Å²) in [5.41, 5.74) is 6.49. The molecule has 0 heterocycles. The summed E-state index contributed by atoms with van der Waals surface area (Å²) in [6.07, 6.45) is -4.38. The van der Waals surface area contributed by atoms with Crippen molar-refractivity contribution in [3.8, 4) is 0 Å². The van der Waals surface area contributed by atoms with Gasteiger partial charge in [-0.1, -0.05) is 18.2 Å². The molecular weight excluding hydrogens is 191 g/mol. The monoisotopic (exact) mass is 203 g/mol.